The molecule has 1 saturated carbocycles. The Kier molecular flexibility index (Phi) is 3.02. The van der Waals surface area contributed by atoms with Crippen molar-refractivity contribution in [3.63, 3.8) is 0 Å². The number of rotatable bonds is 2. The first kappa shape index (κ1) is 12.5. The Hall–Kier alpha value is -2.56. The van der Waals surface area contributed by atoms with Crippen molar-refractivity contribution >= 4 is 28.4 Å². The highest BCUT2D eigenvalue weighted by atomic mass is 15.1. The zero-order chi connectivity index (χ0) is 14.1. The van der Waals surface area contributed by atoms with Crippen molar-refractivity contribution in [2.75, 3.05) is 0 Å². The van der Waals surface area contributed by atoms with E-state index in [0.29, 0.717) is 5.92 Å². The molecule has 102 valence electrons. The number of benzene rings is 2. The number of aliphatic imine (C=N–C) groups is 2. The second-order valence-electron chi connectivity index (χ2n) is 5.00. The Morgan fingerprint density at radius 3 is 2.30 bits per heavy atom. The van der Waals surface area contributed by atoms with Crippen molar-refractivity contribution in [2.45, 2.75) is 18.8 Å². The molecule has 5 nitrogen and oxygen atoms in total. The first-order chi connectivity index (χ1) is 9.65. The maximum absolute atomic E-state index is 5.71. The summed E-state index contributed by atoms with van der Waals surface area (Å²) in [5.74, 6) is 0.660. The number of nitrogens with zero attached hydrogens (tertiary/aromatic N) is 2. The van der Waals surface area contributed by atoms with Gasteiger partial charge in [-0.25, -0.2) is 4.99 Å². The van der Waals surface area contributed by atoms with Gasteiger partial charge in [0.25, 0.3) is 0 Å². The predicted molar refractivity (Wildman–Crippen MR) is 83.0 cm³/mol. The molecule has 20 heavy (non-hydrogen) atoms. The lowest BCUT2D eigenvalue weighted by atomic mass is 10.00. The van der Waals surface area contributed by atoms with Gasteiger partial charge in [-0.3, -0.25) is 0 Å². The molecular formula is C15H17N5. The third-order valence-corrected chi connectivity index (χ3v) is 3.43. The molecule has 0 atom stereocenters. The Labute approximate surface area is 117 Å². The van der Waals surface area contributed by atoms with Gasteiger partial charge in [-0.1, -0.05) is 30.3 Å². The van der Waals surface area contributed by atoms with E-state index in [4.69, 9.17) is 17.2 Å². The monoisotopic (exact) mass is 267 g/mol. The lowest BCUT2D eigenvalue weighted by Gasteiger charge is -2.08. The fraction of sp³-hybridized carbons (Fsp3) is 0.200. The smallest absolute Gasteiger partial charge is 0.223 e. The van der Waals surface area contributed by atoms with Gasteiger partial charge in [0.1, 0.15) is 0 Å². The van der Waals surface area contributed by atoms with E-state index in [9.17, 15) is 0 Å². The van der Waals surface area contributed by atoms with Crippen LogP contribution in [0.1, 0.15) is 24.3 Å². The van der Waals surface area contributed by atoms with Gasteiger partial charge in [-0.2, -0.15) is 4.99 Å². The van der Waals surface area contributed by atoms with Crippen LogP contribution in [-0.4, -0.2) is 11.9 Å². The Balaban J connectivity index is 2.13. The van der Waals surface area contributed by atoms with Crippen LogP contribution < -0.4 is 17.2 Å². The van der Waals surface area contributed by atoms with Crippen molar-refractivity contribution in [3.05, 3.63) is 42.0 Å². The third kappa shape index (κ3) is 2.42. The fourth-order valence-corrected chi connectivity index (χ4v) is 2.43. The van der Waals surface area contributed by atoms with Gasteiger partial charge in [0.2, 0.25) is 5.96 Å². The van der Waals surface area contributed by atoms with Crippen LogP contribution in [0.3, 0.4) is 0 Å². The molecule has 1 aliphatic carbocycles. The highest BCUT2D eigenvalue weighted by molar-refractivity contribution is 5.99. The highest BCUT2D eigenvalue weighted by Crippen LogP contribution is 2.44. The quantitative estimate of drug-likeness (QED) is 0.572. The van der Waals surface area contributed by atoms with Crippen LogP contribution >= 0.6 is 0 Å². The van der Waals surface area contributed by atoms with Crippen molar-refractivity contribution in [2.24, 2.45) is 27.2 Å². The van der Waals surface area contributed by atoms with Crippen LogP contribution in [0.4, 0.5) is 5.69 Å². The normalized spacial score (nSPS) is 15.3. The molecule has 0 amide bonds. The second kappa shape index (κ2) is 4.85. The van der Waals surface area contributed by atoms with Crippen molar-refractivity contribution in [3.8, 4) is 0 Å². The van der Waals surface area contributed by atoms with Crippen molar-refractivity contribution < 1.29 is 0 Å². The first-order valence-corrected chi connectivity index (χ1v) is 6.60. The Bertz CT molecular complexity index is 709. The van der Waals surface area contributed by atoms with Crippen LogP contribution in [0.25, 0.3) is 10.8 Å². The summed E-state index contributed by atoms with van der Waals surface area (Å²) in [5.41, 5.74) is 18.5. The van der Waals surface area contributed by atoms with Gasteiger partial charge in [-0.05, 0) is 35.8 Å². The van der Waals surface area contributed by atoms with Gasteiger partial charge in [-0.15, -0.1) is 0 Å². The summed E-state index contributed by atoms with van der Waals surface area (Å²) >= 11 is 0. The second-order valence-corrected chi connectivity index (χ2v) is 5.00. The largest absolute Gasteiger partial charge is 0.370 e. The molecule has 0 saturated heterocycles. The molecule has 0 aliphatic heterocycles. The minimum Gasteiger partial charge on any atom is -0.370 e. The molecule has 1 fully saturated rings. The van der Waals surface area contributed by atoms with E-state index in [1.165, 1.54) is 23.8 Å². The average Bonchev–Trinajstić information content (AvgIpc) is 3.22. The Morgan fingerprint density at radius 1 is 0.950 bits per heavy atom. The lowest BCUT2D eigenvalue weighted by molar-refractivity contribution is 1.15. The fourth-order valence-electron chi connectivity index (χ4n) is 2.43. The first-order valence-electron chi connectivity index (χ1n) is 6.60. The number of guanidine groups is 2. The van der Waals surface area contributed by atoms with E-state index in [0.717, 1.165) is 11.1 Å². The van der Waals surface area contributed by atoms with Crippen molar-refractivity contribution in [1.29, 1.82) is 0 Å². The molecule has 0 bridgehead atoms. The number of hydrogen-bond donors (Lipinski definition) is 3. The maximum atomic E-state index is 5.71. The molecule has 6 N–H and O–H groups in total. The molecule has 0 unspecified atom stereocenters. The molecule has 1 aliphatic rings. The van der Waals surface area contributed by atoms with Crippen LogP contribution in [-0.2, 0) is 0 Å². The molecule has 2 aromatic carbocycles. The topological polar surface area (TPSA) is 103 Å². The van der Waals surface area contributed by atoms with Crippen LogP contribution in [0.15, 0.2) is 46.4 Å². The highest BCUT2D eigenvalue weighted by Gasteiger charge is 2.25. The van der Waals surface area contributed by atoms with E-state index in [-0.39, 0.29) is 11.9 Å². The maximum Gasteiger partial charge on any atom is 0.223 e. The van der Waals surface area contributed by atoms with E-state index in [1.54, 1.807) is 0 Å². The summed E-state index contributed by atoms with van der Waals surface area (Å²) in [6, 6.07) is 12.3. The molecule has 0 heterocycles. The minimum atomic E-state index is -0.0924. The third-order valence-electron chi connectivity index (χ3n) is 3.43. The average molecular weight is 267 g/mol. The van der Waals surface area contributed by atoms with Gasteiger partial charge < -0.3 is 17.2 Å². The van der Waals surface area contributed by atoms with Gasteiger partial charge >= 0.3 is 0 Å². The summed E-state index contributed by atoms with van der Waals surface area (Å²) in [7, 11) is 0. The summed E-state index contributed by atoms with van der Waals surface area (Å²) in [6.45, 7) is 0. The number of nitrogens with two attached hydrogens (primary N) is 3. The molecule has 0 spiro atoms. The summed E-state index contributed by atoms with van der Waals surface area (Å²) < 4.78 is 0. The molecule has 3 rings (SSSR count). The van der Waals surface area contributed by atoms with Gasteiger partial charge in [0.05, 0.1) is 5.69 Å². The minimum absolute atomic E-state index is 0.0642. The standard InChI is InChI=1S/C15H17N5/c16-14(17)20-15(18)19-13-8-7-10(9-5-6-9)11-3-1-2-4-12(11)13/h1-4,7-9H,5-6H2,(H6,16,17,18,19,20). The molecular weight excluding hydrogens is 250 g/mol. The number of fused-ring (bicyclic) bond motifs is 1. The summed E-state index contributed by atoms with van der Waals surface area (Å²) in [6.07, 6.45) is 2.53. The number of hydrogen-bond acceptors (Lipinski definition) is 1. The van der Waals surface area contributed by atoms with E-state index in [1.807, 2.05) is 24.3 Å². The van der Waals surface area contributed by atoms with Crippen LogP contribution in [0.2, 0.25) is 0 Å². The Morgan fingerprint density at radius 2 is 1.65 bits per heavy atom. The van der Waals surface area contributed by atoms with Crippen LogP contribution in [0.5, 0.6) is 0 Å². The van der Waals surface area contributed by atoms with Crippen molar-refractivity contribution in [1.82, 2.24) is 0 Å². The van der Waals surface area contributed by atoms with E-state index >= 15 is 0 Å². The van der Waals surface area contributed by atoms with Gasteiger partial charge in [0, 0.05) is 5.39 Å². The zero-order valence-corrected chi connectivity index (χ0v) is 11.1. The molecule has 0 aromatic heterocycles. The molecule has 5 heteroatoms. The molecule has 2 aromatic rings. The SMILES string of the molecule is NC(N)=NC(N)=Nc1ccc(C2CC2)c2ccccc12. The van der Waals surface area contributed by atoms with E-state index in [2.05, 4.69) is 22.1 Å². The molecule has 0 radical (unpaired) electrons. The van der Waals surface area contributed by atoms with Gasteiger partial charge in [0.15, 0.2) is 5.96 Å². The summed E-state index contributed by atoms with van der Waals surface area (Å²) in [4.78, 5) is 8.04. The van der Waals surface area contributed by atoms with E-state index < -0.39 is 0 Å². The zero-order valence-electron chi connectivity index (χ0n) is 11.1. The lowest BCUT2D eigenvalue weighted by Crippen LogP contribution is -2.26. The summed E-state index contributed by atoms with van der Waals surface area (Å²) in [5, 5.41) is 2.30. The predicted octanol–water partition coefficient (Wildman–Crippen LogP) is 1.94. The van der Waals surface area contributed by atoms with Crippen LogP contribution in [0, 0.1) is 0 Å².